The third-order valence-electron chi connectivity index (χ3n) is 3.78. The zero-order chi connectivity index (χ0) is 15.5. The number of hydrogen-bond acceptors (Lipinski definition) is 3. The van der Waals surface area contributed by atoms with Crippen LogP contribution in [0.5, 0.6) is 11.5 Å². The van der Waals surface area contributed by atoms with Crippen molar-refractivity contribution >= 4 is 28.7 Å². The second kappa shape index (κ2) is 6.23. The molecule has 1 aliphatic rings. The van der Waals surface area contributed by atoms with E-state index in [4.69, 9.17) is 21.7 Å². The second-order valence-electron chi connectivity index (χ2n) is 5.03. The van der Waals surface area contributed by atoms with Crippen molar-refractivity contribution in [2.75, 3.05) is 31.0 Å². The van der Waals surface area contributed by atoms with Gasteiger partial charge in [-0.05, 0) is 42.4 Å². The molecule has 22 heavy (non-hydrogen) atoms. The lowest BCUT2D eigenvalue weighted by molar-refractivity contribution is 0.405. The predicted octanol–water partition coefficient (Wildman–Crippen LogP) is 3.46. The van der Waals surface area contributed by atoms with Gasteiger partial charge in [0.15, 0.2) is 5.11 Å². The summed E-state index contributed by atoms with van der Waals surface area (Å²) in [4.78, 5) is 2.11. The Balaban J connectivity index is 1.83. The zero-order valence-corrected chi connectivity index (χ0v) is 13.4. The smallest absolute Gasteiger partial charge is 0.178 e. The lowest BCUT2D eigenvalue weighted by Gasteiger charge is -2.22. The van der Waals surface area contributed by atoms with Crippen molar-refractivity contribution in [1.29, 1.82) is 0 Å². The van der Waals surface area contributed by atoms with Crippen molar-refractivity contribution < 1.29 is 9.47 Å². The van der Waals surface area contributed by atoms with Gasteiger partial charge >= 0.3 is 0 Å². The Bertz CT molecular complexity index is 703. The highest BCUT2D eigenvalue weighted by molar-refractivity contribution is 7.80. The average molecular weight is 314 g/mol. The molecule has 0 saturated carbocycles. The first-order valence-corrected chi connectivity index (χ1v) is 7.52. The molecule has 0 atom stereocenters. The third kappa shape index (κ3) is 2.72. The van der Waals surface area contributed by atoms with Gasteiger partial charge in [0, 0.05) is 18.3 Å². The van der Waals surface area contributed by atoms with Gasteiger partial charge in [0.05, 0.1) is 19.9 Å². The van der Waals surface area contributed by atoms with Crippen LogP contribution in [0.15, 0.2) is 42.5 Å². The average Bonchev–Trinajstić information content (AvgIpc) is 2.99. The van der Waals surface area contributed by atoms with Crippen LogP contribution in [0.3, 0.4) is 0 Å². The molecule has 2 aromatic carbocycles. The number of nitrogens with one attached hydrogen (secondary N) is 1. The normalized spacial score (nSPS) is 12.7. The molecule has 1 heterocycles. The Hall–Kier alpha value is -2.27. The van der Waals surface area contributed by atoms with Gasteiger partial charge in [-0.1, -0.05) is 18.2 Å². The minimum absolute atomic E-state index is 0.663. The maximum Gasteiger partial charge on any atom is 0.178 e. The molecular weight excluding hydrogens is 296 g/mol. The summed E-state index contributed by atoms with van der Waals surface area (Å²) in [7, 11) is 3.28. The van der Waals surface area contributed by atoms with Crippen molar-refractivity contribution in [3.8, 4) is 11.5 Å². The Morgan fingerprint density at radius 3 is 2.73 bits per heavy atom. The highest BCUT2D eigenvalue weighted by Gasteiger charge is 2.22. The van der Waals surface area contributed by atoms with Crippen LogP contribution in [-0.4, -0.2) is 25.9 Å². The molecule has 0 spiro atoms. The van der Waals surface area contributed by atoms with E-state index in [1.54, 1.807) is 14.2 Å². The van der Waals surface area contributed by atoms with E-state index in [2.05, 4.69) is 28.4 Å². The molecule has 0 saturated heterocycles. The van der Waals surface area contributed by atoms with E-state index in [1.807, 2.05) is 24.3 Å². The Kier molecular flexibility index (Phi) is 4.15. The molecule has 2 aromatic rings. The fraction of sp³-hybridized carbons (Fsp3) is 0.235. The molecule has 1 aliphatic heterocycles. The van der Waals surface area contributed by atoms with E-state index in [9.17, 15) is 0 Å². The van der Waals surface area contributed by atoms with Crippen LogP contribution in [0.4, 0.5) is 11.4 Å². The summed E-state index contributed by atoms with van der Waals surface area (Å²) in [5, 5.41) is 3.93. The Morgan fingerprint density at radius 2 is 1.95 bits per heavy atom. The largest absolute Gasteiger partial charge is 0.497 e. The van der Waals surface area contributed by atoms with Gasteiger partial charge in [-0.25, -0.2) is 0 Å². The standard InChI is InChI=1S/C17H18N2O2S/c1-20-13-7-8-16(21-2)14(11-13)18-17(22)19-10-9-12-5-3-4-6-15(12)19/h3-8,11H,9-10H2,1-2H3,(H,18,22). The molecule has 3 rings (SSSR count). The predicted molar refractivity (Wildman–Crippen MR) is 93.3 cm³/mol. The van der Waals surface area contributed by atoms with Crippen LogP contribution in [0.25, 0.3) is 0 Å². The zero-order valence-electron chi connectivity index (χ0n) is 12.6. The maximum atomic E-state index is 5.58. The quantitative estimate of drug-likeness (QED) is 0.878. The van der Waals surface area contributed by atoms with Crippen molar-refractivity contribution in [3.63, 3.8) is 0 Å². The number of benzene rings is 2. The van der Waals surface area contributed by atoms with Gasteiger partial charge in [0.1, 0.15) is 11.5 Å². The van der Waals surface area contributed by atoms with Gasteiger partial charge in [-0.3, -0.25) is 0 Å². The van der Waals surface area contributed by atoms with E-state index in [0.29, 0.717) is 5.11 Å². The van der Waals surface area contributed by atoms with E-state index >= 15 is 0 Å². The van der Waals surface area contributed by atoms with Crippen LogP contribution in [0.2, 0.25) is 0 Å². The number of para-hydroxylation sites is 1. The number of ether oxygens (including phenoxy) is 2. The van der Waals surface area contributed by atoms with Crippen molar-refractivity contribution in [2.45, 2.75) is 6.42 Å². The molecular formula is C17H18N2O2S. The third-order valence-corrected chi connectivity index (χ3v) is 4.10. The van der Waals surface area contributed by atoms with Crippen LogP contribution in [-0.2, 0) is 6.42 Å². The number of nitrogens with zero attached hydrogens (tertiary/aromatic N) is 1. The van der Waals surface area contributed by atoms with Crippen LogP contribution in [0, 0.1) is 0 Å². The SMILES string of the molecule is COc1ccc(OC)c(NC(=S)N2CCc3ccccc32)c1. The van der Waals surface area contributed by atoms with Crippen molar-refractivity contribution in [1.82, 2.24) is 0 Å². The number of thiocarbonyl (C=S) groups is 1. The number of fused-ring (bicyclic) bond motifs is 1. The number of anilines is 2. The monoisotopic (exact) mass is 314 g/mol. The van der Waals surface area contributed by atoms with E-state index < -0.39 is 0 Å². The summed E-state index contributed by atoms with van der Waals surface area (Å²) in [6.07, 6.45) is 1.01. The molecule has 114 valence electrons. The fourth-order valence-corrected chi connectivity index (χ4v) is 2.94. The Morgan fingerprint density at radius 1 is 1.14 bits per heavy atom. The highest BCUT2D eigenvalue weighted by Crippen LogP contribution is 2.31. The lowest BCUT2D eigenvalue weighted by atomic mass is 10.2. The van der Waals surface area contributed by atoms with Crippen molar-refractivity contribution in [2.24, 2.45) is 0 Å². The van der Waals surface area contributed by atoms with Gasteiger partial charge in [0.2, 0.25) is 0 Å². The minimum Gasteiger partial charge on any atom is -0.497 e. The van der Waals surface area contributed by atoms with Crippen LogP contribution >= 0.6 is 12.2 Å². The van der Waals surface area contributed by atoms with E-state index in [0.717, 1.165) is 30.2 Å². The number of methoxy groups -OCH3 is 2. The molecule has 0 fully saturated rings. The first kappa shape index (κ1) is 14.7. The van der Waals surface area contributed by atoms with E-state index in [1.165, 1.54) is 11.3 Å². The summed E-state index contributed by atoms with van der Waals surface area (Å²) in [6.45, 7) is 0.886. The molecule has 1 N–H and O–H groups in total. The topological polar surface area (TPSA) is 33.7 Å². The van der Waals surface area contributed by atoms with Crippen LogP contribution < -0.4 is 19.7 Å². The first-order chi connectivity index (χ1) is 10.7. The summed E-state index contributed by atoms with van der Waals surface area (Å²) in [6, 6.07) is 13.9. The number of rotatable bonds is 3. The van der Waals surface area contributed by atoms with Gasteiger partial charge < -0.3 is 19.7 Å². The highest BCUT2D eigenvalue weighted by atomic mass is 32.1. The van der Waals surface area contributed by atoms with E-state index in [-0.39, 0.29) is 0 Å². The van der Waals surface area contributed by atoms with Gasteiger partial charge in [-0.2, -0.15) is 0 Å². The van der Waals surface area contributed by atoms with Gasteiger partial charge in [0.25, 0.3) is 0 Å². The second-order valence-corrected chi connectivity index (χ2v) is 5.41. The molecule has 0 aromatic heterocycles. The summed E-state index contributed by atoms with van der Waals surface area (Å²) in [5.74, 6) is 1.49. The molecule has 5 heteroatoms. The molecule has 0 radical (unpaired) electrons. The molecule has 0 unspecified atom stereocenters. The summed E-state index contributed by atoms with van der Waals surface area (Å²) >= 11 is 5.58. The minimum atomic E-state index is 0.663. The molecule has 4 nitrogen and oxygen atoms in total. The summed E-state index contributed by atoms with van der Waals surface area (Å²) in [5.41, 5.74) is 3.29. The first-order valence-electron chi connectivity index (χ1n) is 7.11. The molecule has 0 bridgehead atoms. The fourth-order valence-electron chi connectivity index (χ4n) is 2.64. The van der Waals surface area contributed by atoms with Crippen LogP contribution in [0.1, 0.15) is 5.56 Å². The van der Waals surface area contributed by atoms with Crippen molar-refractivity contribution in [3.05, 3.63) is 48.0 Å². The molecule has 0 amide bonds. The lowest BCUT2D eigenvalue weighted by Crippen LogP contribution is -2.33. The van der Waals surface area contributed by atoms with Gasteiger partial charge in [-0.15, -0.1) is 0 Å². The molecule has 0 aliphatic carbocycles. The maximum absolute atomic E-state index is 5.58. The summed E-state index contributed by atoms with van der Waals surface area (Å²) < 4.78 is 10.6. The Labute approximate surface area is 135 Å². The number of hydrogen-bond donors (Lipinski definition) is 1.